The fourth-order valence-electron chi connectivity index (χ4n) is 2.92. The Balaban J connectivity index is 2.16. The lowest BCUT2D eigenvalue weighted by Gasteiger charge is -2.30. The van der Waals surface area contributed by atoms with E-state index < -0.39 is 4.92 Å². The molecule has 2 rings (SSSR count). The van der Waals surface area contributed by atoms with Crippen molar-refractivity contribution in [2.24, 2.45) is 5.41 Å². The zero-order chi connectivity index (χ0) is 15.6. The highest BCUT2D eigenvalue weighted by atomic mass is 16.6. The molecule has 1 saturated carbocycles. The highest BCUT2D eigenvalue weighted by molar-refractivity contribution is 5.96. The first-order valence-electron chi connectivity index (χ1n) is 7.04. The molecule has 0 aromatic heterocycles. The van der Waals surface area contributed by atoms with Crippen LogP contribution in [0.3, 0.4) is 0 Å². The summed E-state index contributed by atoms with van der Waals surface area (Å²) in [5, 5.41) is 23.2. The number of aliphatic hydroxyl groups is 1. The van der Waals surface area contributed by atoms with Crippen molar-refractivity contribution < 1.29 is 14.8 Å². The van der Waals surface area contributed by atoms with Crippen LogP contribution in [-0.4, -0.2) is 28.6 Å². The van der Waals surface area contributed by atoms with Gasteiger partial charge in [0, 0.05) is 29.2 Å². The van der Waals surface area contributed by atoms with E-state index in [0.717, 1.165) is 19.3 Å². The van der Waals surface area contributed by atoms with Gasteiger partial charge in [0.25, 0.3) is 11.6 Å². The van der Waals surface area contributed by atoms with Crippen LogP contribution >= 0.6 is 0 Å². The van der Waals surface area contributed by atoms with Crippen LogP contribution in [0.1, 0.15) is 42.1 Å². The zero-order valence-electron chi connectivity index (χ0n) is 12.3. The number of aliphatic hydroxyl groups excluding tert-OH is 1. The Kier molecular flexibility index (Phi) is 4.27. The molecule has 0 saturated heterocycles. The van der Waals surface area contributed by atoms with E-state index in [1.54, 1.807) is 6.92 Å². The van der Waals surface area contributed by atoms with Crippen LogP contribution in [0, 0.1) is 22.5 Å². The van der Waals surface area contributed by atoms with E-state index in [-0.39, 0.29) is 29.7 Å². The monoisotopic (exact) mass is 292 g/mol. The minimum Gasteiger partial charge on any atom is -0.396 e. The molecule has 0 bridgehead atoms. The summed E-state index contributed by atoms with van der Waals surface area (Å²) in [6.07, 6.45) is 2.70. The Bertz CT molecular complexity index is 573. The Morgan fingerprint density at radius 2 is 2.29 bits per heavy atom. The number of rotatable bonds is 4. The molecule has 0 radical (unpaired) electrons. The molecule has 2 N–H and O–H groups in total. The average molecular weight is 292 g/mol. The third-order valence-corrected chi connectivity index (χ3v) is 4.41. The predicted molar refractivity (Wildman–Crippen MR) is 78.1 cm³/mol. The van der Waals surface area contributed by atoms with Crippen molar-refractivity contribution in [2.45, 2.75) is 39.2 Å². The van der Waals surface area contributed by atoms with E-state index >= 15 is 0 Å². The van der Waals surface area contributed by atoms with Gasteiger partial charge in [-0.05, 0) is 31.4 Å². The lowest BCUT2D eigenvalue weighted by Crippen LogP contribution is -2.44. The first-order valence-corrected chi connectivity index (χ1v) is 7.04. The first-order chi connectivity index (χ1) is 9.87. The topological polar surface area (TPSA) is 92.5 Å². The van der Waals surface area contributed by atoms with Gasteiger partial charge in [0.1, 0.15) is 0 Å². The third-order valence-electron chi connectivity index (χ3n) is 4.41. The number of hydrogen-bond acceptors (Lipinski definition) is 4. The molecule has 6 nitrogen and oxygen atoms in total. The molecule has 1 aliphatic carbocycles. The first kappa shape index (κ1) is 15.4. The Morgan fingerprint density at radius 1 is 1.57 bits per heavy atom. The summed E-state index contributed by atoms with van der Waals surface area (Å²) in [4.78, 5) is 22.6. The van der Waals surface area contributed by atoms with Crippen molar-refractivity contribution >= 4 is 11.6 Å². The third kappa shape index (κ3) is 3.05. The van der Waals surface area contributed by atoms with E-state index in [0.29, 0.717) is 11.1 Å². The van der Waals surface area contributed by atoms with Crippen molar-refractivity contribution in [1.29, 1.82) is 0 Å². The van der Waals surface area contributed by atoms with Gasteiger partial charge in [0.2, 0.25) is 0 Å². The molecule has 1 aromatic carbocycles. The summed E-state index contributed by atoms with van der Waals surface area (Å²) in [6, 6.07) is 4.15. The Hall–Kier alpha value is -1.95. The molecule has 2 atom stereocenters. The van der Waals surface area contributed by atoms with Gasteiger partial charge in [-0.1, -0.05) is 13.3 Å². The fourth-order valence-corrected chi connectivity index (χ4v) is 2.92. The number of nitrogens with zero attached hydrogens (tertiary/aromatic N) is 1. The average Bonchev–Trinajstić information content (AvgIpc) is 2.80. The van der Waals surface area contributed by atoms with E-state index in [1.165, 1.54) is 18.2 Å². The van der Waals surface area contributed by atoms with Crippen LogP contribution in [-0.2, 0) is 0 Å². The number of benzene rings is 1. The summed E-state index contributed by atoms with van der Waals surface area (Å²) in [6.45, 7) is 3.69. The number of amides is 1. The molecule has 0 heterocycles. The van der Waals surface area contributed by atoms with Gasteiger partial charge in [-0.3, -0.25) is 14.9 Å². The van der Waals surface area contributed by atoms with Gasteiger partial charge < -0.3 is 10.4 Å². The second kappa shape index (κ2) is 5.81. The molecule has 1 aromatic rings. The van der Waals surface area contributed by atoms with E-state index in [9.17, 15) is 20.0 Å². The summed E-state index contributed by atoms with van der Waals surface area (Å²) >= 11 is 0. The second-order valence-electron chi connectivity index (χ2n) is 5.99. The largest absolute Gasteiger partial charge is 0.396 e. The van der Waals surface area contributed by atoms with E-state index in [4.69, 9.17) is 0 Å². The van der Waals surface area contributed by atoms with Gasteiger partial charge in [-0.2, -0.15) is 0 Å². The molecule has 1 amide bonds. The number of nitrogens with one attached hydrogen (secondary N) is 1. The van der Waals surface area contributed by atoms with Crippen LogP contribution < -0.4 is 5.32 Å². The molecular formula is C15H20N2O4. The standard InChI is InChI=1S/C15H20N2O4/c1-10-8-11(17(20)21)5-6-12(10)14(19)16-13-4-3-7-15(13,2)9-18/h5-6,8,13,18H,3-4,7,9H2,1-2H3,(H,16,19). The predicted octanol–water partition coefficient (Wildman–Crippen LogP) is 2.18. The normalized spacial score (nSPS) is 24.8. The van der Waals surface area contributed by atoms with Crippen molar-refractivity contribution in [3.8, 4) is 0 Å². The van der Waals surface area contributed by atoms with Crippen molar-refractivity contribution in [3.63, 3.8) is 0 Å². The number of nitro groups is 1. The summed E-state index contributed by atoms with van der Waals surface area (Å²) < 4.78 is 0. The molecule has 21 heavy (non-hydrogen) atoms. The second-order valence-corrected chi connectivity index (χ2v) is 5.99. The van der Waals surface area contributed by atoms with Crippen LogP contribution in [0.25, 0.3) is 0 Å². The molecule has 2 unspecified atom stereocenters. The van der Waals surface area contributed by atoms with Crippen LogP contribution in [0.4, 0.5) is 5.69 Å². The number of carbonyl (C=O) groups excluding carboxylic acids is 1. The molecule has 1 fully saturated rings. The van der Waals surface area contributed by atoms with Crippen molar-refractivity contribution in [2.75, 3.05) is 6.61 Å². The van der Waals surface area contributed by atoms with E-state index in [2.05, 4.69) is 5.32 Å². The Labute approximate surface area is 123 Å². The summed E-state index contributed by atoms with van der Waals surface area (Å²) in [5.41, 5.74) is 0.702. The maximum Gasteiger partial charge on any atom is 0.269 e. The lowest BCUT2D eigenvalue weighted by atomic mass is 9.85. The minimum absolute atomic E-state index is 0.0230. The number of nitro benzene ring substituents is 1. The lowest BCUT2D eigenvalue weighted by molar-refractivity contribution is -0.384. The SMILES string of the molecule is Cc1cc([N+](=O)[O-])ccc1C(=O)NC1CCCC1(C)CO. The Morgan fingerprint density at radius 3 is 2.86 bits per heavy atom. The summed E-state index contributed by atoms with van der Waals surface area (Å²) in [7, 11) is 0. The van der Waals surface area contributed by atoms with Gasteiger partial charge in [-0.15, -0.1) is 0 Å². The molecule has 6 heteroatoms. The van der Waals surface area contributed by atoms with Crippen LogP contribution in [0.5, 0.6) is 0 Å². The van der Waals surface area contributed by atoms with Gasteiger partial charge >= 0.3 is 0 Å². The van der Waals surface area contributed by atoms with Gasteiger partial charge in [0.15, 0.2) is 0 Å². The number of hydrogen-bond donors (Lipinski definition) is 2. The highest BCUT2D eigenvalue weighted by Crippen LogP contribution is 2.37. The smallest absolute Gasteiger partial charge is 0.269 e. The zero-order valence-corrected chi connectivity index (χ0v) is 12.3. The quantitative estimate of drug-likeness (QED) is 0.657. The summed E-state index contributed by atoms with van der Waals surface area (Å²) in [5.74, 6) is -0.242. The van der Waals surface area contributed by atoms with Gasteiger partial charge in [-0.25, -0.2) is 0 Å². The van der Waals surface area contributed by atoms with Crippen molar-refractivity contribution in [1.82, 2.24) is 5.32 Å². The number of carbonyl (C=O) groups is 1. The van der Waals surface area contributed by atoms with Crippen LogP contribution in [0.15, 0.2) is 18.2 Å². The molecule has 114 valence electrons. The van der Waals surface area contributed by atoms with Crippen LogP contribution in [0.2, 0.25) is 0 Å². The highest BCUT2D eigenvalue weighted by Gasteiger charge is 2.39. The molecule has 0 aliphatic heterocycles. The molecule has 0 spiro atoms. The van der Waals surface area contributed by atoms with E-state index in [1.807, 2.05) is 6.92 Å². The number of non-ortho nitro benzene ring substituents is 1. The van der Waals surface area contributed by atoms with Gasteiger partial charge in [0.05, 0.1) is 11.5 Å². The number of aryl methyl sites for hydroxylation is 1. The molecule has 1 aliphatic rings. The fraction of sp³-hybridized carbons (Fsp3) is 0.533. The maximum atomic E-state index is 12.3. The molecular weight excluding hydrogens is 272 g/mol. The van der Waals surface area contributed by atoms with Crippen molar-refractivity contribution in [3.05, 3.63) is 39.4 Å². The minimum atomic E-state index is -0.478. The maximum absolute atomic E-state index is 12.3.